The van der Waals surface area contributed by atoms with Gasteiger partial charge in [-0.1, -0.05) is 0 Å². The largest absolute Gasteiger partial charge is 0.325 e. The number of nitrogens with zero attached hydrogens (tertiary/aromatic N) is 2. The monoisotopic (exact) mass is 344 g/mol. The van der Waals surface area contributed by atoms with Crippen LogP contribution in [0.25, 0.3) is 0 Å². The number of benzene rings is 1. The molecule has 25 heavy (non-hydrogen) atoms. The van der Waals surface area contributed by atoms with Gasteiger partial charge in [0.15, 0.2) is 0 Å². The first kappa shape index (κ1) is 17.9. The van der Waals surface area contributed by atoms with Gasteiger partial charge in [0.1, 0.15) is 0 Å². The minimum absolute atomic E-state index is 0.0155. The van der Waals surface area contributed by atoms with E-state index in [9.17, 15) is 9.59 Å². The molecule has 2 saturated heterocycles. The number of likely N-dealkylation sites (N-methyl/N-ethyl adjacent to an activating group) is 1. The van der Waals surface area contributed by atoms with E-state index in [0.29, 0.717) is 12.5 Å². The molecular formula is C19H28N4O2. The molecule has 0 aromatic heterocycles. The van der Waals surface area contributed by atoms with Crippen LogP contribution in [0.15, 0.2) is 24.3 Å². The Bertz CT molecular complexity index is 616. The van der Waals surface area contributed by atoms with Crippen LogP contribution in [0.4, 0.5) is 11.4 Å². The van der Waals surface area contributed by atoms with Crippen molar-refractivity contribution >= 4 is 23.2 Å². The fraction of sp³-hybridized carbons (Fsp3) is 0.579. The van der Waals surface area contributed by atoms with E-state index in [-0.39, 0.29) is 17.9 Å². The number of nitrogens with one attached hydrogen (secondary N) is 2. The Morgan fingerprint density at radius 1 is 1.20 bits per heavy atom. The molecule has 2 heterocycles. The molecule has 2 amide bonds. The standard InChI is InChI=1S/C19H28N4O2/c1-14(22-11-3-5-16(13-22)20-2)19(25)21-15-7-9-17(10-8-15)23-12-4-6-18(23)24/h7-10,14,16,20H,3-6,11-13H2,1-2H3,(H,21,25). The summed E-state index contributed by atoms with van der Waals surface area (Å²) >= 11 is 0. The second kappa shape index (κ2) is 7.97. The number of piperidine rings is 1. The molecule has 2 fully saturated rings. The molecule has 3 rings (SSSR count). The zero-order valence-corrected chi connectivity index (χ0v) is 15.1. The number of hydrogen-bond donors (Lipinski definition) is 2. The van der Waals surface area contributed by atoms with E-state index in [1.807, 2.05) is 38.2 Å². The third kappa shape index (κ3) is 4.19. The Morgan fingerprint density at radius 2 is 1.96 bits per heavy atom. The molecule has 0 spiro atoms. The van der Waals surface area contributed by atoms with Crippen molar-refractivity contribution < 1.29 is 9.59 Å². The highest BCUT2D eigenvalue weighted by Gasteiger charge is 2.27. The van der Waals surface area contributed by atoms with Crippen LogP contribution in [0.3, 0.4) is 0 Å². The Labute approximate surface area is 149 Å². The van der Waals surface area contributed by atoms with Crippen LogP contribution in [0, 0.1) is 0 Å². The van der Waals surface area contributed by atoms with E-state index < -0.39 is 0 Å². The lowest BCUT2D eigenvalue weighted by molar-refractivity contribution is -0.121. The van der Waals surface area contributed by atoms with E-state index in [2.05, 4.69) is 15.5 Å². The van der Waals surface area contributed by atoms with Crippen molar-refractivity contribution in [3.05, 3.63) is 24.3 Å². The quantitative estimate of drug-likeness (QED) is 0.855. The van der Waals surface area contributed by atoms with E-state index in [1.165, 1.54) is 0 Å². The first-order chi connectivity index (χ1) is 12.1. The van der Waals surface area contributed by atoms with Gasteiger partial charge in [0.2, 0.25) is 11.8 Å². The molecule has 0 aliphatic carbocycles. The summed E-state index contributed by atoms with van der Waals surface area (Å²) in [5.41, 5.74) is 1.68. The summed E-state index contributed by atoms with van der Waals surface area (Å²) in [5.74, 6) is 0.191. The maximum absolute atomic E-state index is 12.6. The van der Waals surface area contributed by atoms with Gasteiger partial charge in [-0.05, 0) is 64.0 Å². The number of carbonyl (C=O) groups excluding carboxylic acids is 2. The van der Waals surface area contributed by atoms with Gasteiger partial charge in [0.05, 0.1) is 6.04 Å². The van der Waals surface area contributed by atoms with Gasteiger partial charge in [-0.25, -0.2) is 0 Å². The minimum atomic E-state index is -0.156. The summed E-state index contributed by atoms with van der Waals surface area (Å²) < 4.78 is 0. The van der Waals surface area contributed by atoms with Gasteiger partial charge in [0.25, 0.3) is 0 Å². The van der Waals surface area contributed by atoms with Crippen molar-refractivity contribution in [3.63, 3.8) is 0 Å². The third-order valence-electron chi connectivity index (χ3n) is 5.31. The summed E-state index contributed by atoms with van der Waals surface area (Å²) in [4.78, 5) is 28.4. The predicted octanol–water partition coefficient (Wildman–Crippen LogP) is 1.82. The highest BCUT2D eigenvalue weighted by molar-refractivity contribution is 5.97. The van der Waals surface area contributed by atoms with Gasteiger partial charge in [-0.2, -0.15) is 0 Å². The average molecular weight is 344 g/mol. The number of anilines is 2. The fourth-order valence-electron chi connectivity index (χ4n) is 3.65. The molecule has 1 aromatic rings. The van der Waals surface area contributed by atoms with Crippen LogP contribution in [0.1, 0.15) is 32.6 Å². The van der Waals surface area contributed by atoms with Crippen LogP contribution in [0.5, 0.6) is 0 Å². The lowest BCUT2D eigenvalue weighted by Gasteiger charge is -2.35. The average Bonchev–Trinajstić information content (AvgIpc) is 3.07. The van der Waals surface area contributed by atoms with Crippen LogP contribution >= 0.6 is 0 Å². The predicted molar refractivity (Wildman–Crippen MR) is 99.8 cm³/mol. The van der Waals surface area contributed by atoms with Crippen molar-refractivity contribution in [2.75, 3.05) is 36.9 Å². The van der Waals surface area contributed by atoms with E-state index in [0.717, 1.165) is 50.3 Å². The van der Waals surface area contributed by atoms with E-state index in [4.69, 9.17) is 0 Å². The lowest BCUT2D eigenvalue weighted by atomic mass is 10.0. The van der Waals surface area contributed by atoms with Crippen molar-refractivity contribution in [2.24, 2.45) is 0 Å². The number of rotatable bonds is 5. The summed E-state index contributed by atoms with van der Waals surface area (Å²) in [5, 5.41) is 6.30. The zero-order valence-electron chi connectivity index (χ0n) is 15.1. The number of likely N-dealkylation sites (tertiary alicyclic amines) is 1. The maximum Gasteiger partial charge on any atom is 0.241 e. The smallest absolute Gasteiger partial charge is 0.241 e. The van der Waals surface area contributed by atoms with E-state index >= 15 is 0 Å². The van der Waals surface area contributed by atoms with Crippen LogP contribution < -0.4 is 15.5 Å². The second-order valence-corrected chi connectivity index (χ2v) is 6.98. The number of amides is 2. The van der Waals surface area contributed by atoms with Crippen LogP contribution in [0.2, 0.25) is 0 Å². The maximum atomic E-state index is 12.6. The molecule has 136 valence electrons. The molecule has 2 atom stereocenters. The van der Waals surface area contributed by atoms with Gasteiger partial charge in [-0.15, -0.1) is 0 Å². The molecule has 0 bridgehead atoms. The summed E-state index contributed by atoms with van der Waals surface area (Å²) in [6.45, 7) is 4.61. The highest BCUT2D eigenvalue weighted by Crippen LogP contribution is 2.23. The summed E-state index contributed by atoms with van der Waals surface area (Å²) in [6.07, 6.45) is 3.82. The van der Waals surface area contributed by atoms with Gasteiger partial charge in [0, 0.05) is 36.9 Å². The Hall–Kier alpha value is -1.92. The molecular weight excluding hydrogens is 316 g/mol. The summed E-state index contributed by atoms with van der Waals surface area (Å²) in [6, 6.07) is 7.86. The van der Waals surface area contributed by atoms with Crippen molar-refractivity contribution in [1.82, 2.24) is 10.2 Å². The van der Waals surface area contributed by atoms with Crippen molar-refractivity contribution in [3.8, 4) is 0 Å². The molecule has 2 unspecified atom stereocenters. The minimum Gasteiger partial charge on any atom is -0.325 e. The highest BCUT2D eigenvalue weighted by atomic mass is 16.2. The number of carbonyl (C=O) groups is 2. The summed E-state index contributed by atoms with van der Waals surface area (Å²) in [7, 11) is 1.98. The molecule has 6 nitrogen and oxygen atoms in total. The molecule has 0 radical (unpaired) electrons. The topological polar surface area (TPSA) is 64.7 Å². The Morgan fingerprint density at radius 3 is 2.60 bits per heavy atom. The fourth-order valence-corrected chi connectivity index (χ4v) is 3.65. The van der Waals surface area contributed by atoms with Crippen LogP contribution in [-0.4, -0.2) is 55.5 Å². The molecule has 2 aliphatic rings. The second-order valence-electron chi connectivity index (χ2n) is 6.98. The normalized spacial score (nSPS) is 22.9. The lowest BCUT2D eigenvalue weighted by Crippen LogP contribution is -2.51. The van der Waals surface area contributed by atoms with Gasteiger partial charge in [-0.3, -0.25) is 14.5 Å². The van der Waals surface area contributed by atoms with Gasteiger partial charge >= 0.3 is 0 Å². The van der Waals surface area contributed by atoms with Crippen molar-refractivity contribution in [2.45, 2.75) is 44.7 Å². The molecule has 6 heteroatoms. The number of hydrogen-bond acceptors (Lipinski definition) is 4. The molecule has 0 saturated carbocycles. The Balaban J connectivity index is 1.57. The molecule has 2 aliphatic heterocycles. The van der Waals surface area contributed by atoms with Gasteiger partial charge < -0.3 is 15.5 Å². The van der Waals surface area contributed by atoms with Crippen molar-refractivity contribution in [1.29, 1.82) is 0 Å². The molecule has 1 aromatic carbocycles. The molecule has 2 N–H and O–H groups in total. The SMILES string of the molecule is CNC1CCCN(C(C)C(=O)Nc2ccc(N3CCCC3=O)cc2)C1. The van der Waals surface area contributed by atoms with E-state index in [1.54, 1.807) is 4.90 Å². The van der Waals surface area contributed by atoms with Crippen LogP contribution in [-0.2, 0) is 9.59 Å². The first-order valence-corrected chi connectivity index (χ1v) is 9.21. The zero-order chi connectivity index (χ0) is 17.8. The third-order valence-corrected chi connectivity index (χ3v) is 5.31. The first-order valence-electron chi connectivity index (χ1n) is 9.21. The Kier molecular flexibility index (Phi) is 5.71.